The molecule has 19 heavy (non-hydrogen) atoms. The van der Waals surface area contributed by atoms with Gasteiger partial charge in [0.25, 0.3) is 0 Å². The number of methoxy groups -OCH3 is 1. The van der Waals surface area contributed by atoms with E-state index in [2.05, 4.69) is 14.7 Å². The summed E-state index contributed by atoms with van der Waals surface area (Å²) in [4.78, 5) is 4.35. The van der Waals surface area contributed by atoms with Gasteiger partial charge in [-0.3, -0.25) is 4.99 Å². The lowest BCUT2D eigenvalue weighted by atomic mass is 10.0. The molecule has 1 aromatic rings. The van der Waals surface area contributed by atoms with Crippen LogP contribution in [0.3, 0.4) is 0 Å². The van der Waals surface area contributed by atoms with Gasteiger partial charge in [0.15, 0.2) is 11.6 Å². The Morgan fingerprint density at radius 2 is 2.21 bits per heavy atom. The second kappa shape index (κ2) is 5.63. The van der Waals surface area contributed by atoms with E-state index in [4.69, 9.17) is 4.74 Å². The van der Waals surface area contributed by atoms with Crippen molar-refractivity contribution in [1.82, 2.24) is 5.16 Å². The highest BCUT2D eigenvalue weighted by Gasteiger charge is 2.37. The molecule has 1 unspecified atom stereocenters. The van der Waals surface area contributed by atoms with Crippen LogP contribution in [0.2, 0.25) is 0 Å². The van der Waals surface area contributed by atoms with Crippen molar-refractivity contribution in [3.8, 4) is 0 Å². The highest BCUT2D eigenvalue weighted by atomic mass is 19.4. The Bertz CT molecular complexity index is 454. The summed E-state index contributed by atoms with van der Waals surface area (Å²) in [6.45, 7) is 0. The van der Waals surface area contributed by atoms with Crippen molar-refractivity contribution in [2.75, 3.05) is 7.11 Å². The number of ether oxygens (including phenoxy) is 1. The summed E-state index contributed by atoms with van der Waals surface area (Å²) in [5.74, 6) is 0.604. The lowest BCUT2D eigenvalue weighted by molar-refractivity contribution is -0.143. The number of halogens is 3. The van der Waals surface area contributed by atoms with Crippen LogP contribution in [-0.2, 0) is 17.3 Å². The maximum Gasteiger partial charge on any atom is 0.437 e. The summed E-state index contributed by atoms with van der Waals surface area (Å²) in [6.07, 6.45) is 0.0898. The molecule has 2 rings (SSSR count). The molecule has 0 amide bonds. The lowest BCUT2D eigenvalue weighted by Gasteiger charge is -2.11. The fourth-order valence-corrected chi connectivity index (χ4v) is 2.18. The average Bonchev–Trinajstić information content (AvgIpc) is 2.68. The van der Waals surface area contributed by atoms with Gasteiger partial charge >= 0.3 is 6.18 Å². The molecular formula is C12H15F3N2O2. The van der Waals surface area contributed by atoms with E-state index in [-0.39, 0.29) is 18.0 Å². The number of rotatable bonds is 2. The third-order valence-electron chi connectivity index (χ3n) is 3.11. The van der Waals surface area contributed by atoms with Crippen molar-refractivity contribution in [3.05, 3.63) is 17.5 Å². The quantitative estimate of drug-likeness (QED) is 0.833. The minimum absolute atomic E-state index is 0.0543. The monoisotopic (exact) mass is 276 g/mol. The molecule has 0 saturated heterocycles. The van der Waals surface area contributed by atoms with Crippen LogP contribution >= 0.6 is 0 Å². The Kier molecular flexibility index (Phi) is 4.11. The SMILES string of the molecule is COC1=NC(Cc2conc2C(F)(F)F)CCCC1. The topological polar surface area (TPSA) is 47.6 Å². The van der Waals surface area contributed by atoms with Gasteiger partial charge in [-0.15, -0.1) is 0 Å². The van der Waals surface area contributed by atoms with E-state index in [1.807, 2.05) is 0 Å². The number of nitrogens with zero attached hydrogens (tertiary/aromatic N) is 2. The molecule has 0 bridgehead atoms. The third-order valence-corrected chi connectivity index (χ3v) is 3.11. The first-order chi connectivity index (χ1) is 9.00. The summed E-state index contributed by atoms with van der Waals surface area (Å²) in [7, 11) is 1.53. The third kappa shape index (κ3) is 3.48. The summed E-state index contributed by atoms with van der Waals surface area (Å²) >= 11 is 0. The van der Waals surface area contributed by atoms with Gasteiger partial charge in [-0.1, -0.05) is 11.6 Å². The van der Waals surface area contributed by atoms with Crippen LogP contribution in [0.5, 0.6) is 0 Å². The summed E-state index contributed by atoms with van der Waals surface area (Å²) in [6, 6.07) is -0.210. The second-order valence-electron chi connectivity index (χ2n) is 4.52. The number of alkyl halides is 3. The van der Waals surface area contributed by atoms with E-state index in [9.17, 15) is 13.2 Å². The van der Waals surface area contributed by atoms with Crippen molar-refractivity contribution in [2.24, 2.45) is 4.99 Å². The summed E-state index contributed by atoms with van der Waals surface area (Å²) in [5, 5.41) is 3.04. The number of aromatic nitrogens is 1. The molecule has 0 saturated carbocycles. The van der Waals surface area contributed by atoms with Gasteiger partial charge in [0.05, 0.1) is 13.2 Å². The van der Waals surface area contributed by atoms with Crippen LogP contribution in [-0.4, -0.2) is 24.2 Å². The largest absolute Gasteiger partial charge is 0.484 e. The molecule has 4 nitrogen and oxygen atoms in total. The first-order valence-electron chi connectivity index (χ1n) is 6.12. The maximum atomic E-state index is 12.7. The van der Waals surface area contributed by atoms with Crippen molar-refractivity contribution < 1.29 is 22.4 Å². The fraction of sp³-hybridized carbons (Fsp3) is 0.667. The Hall–Kier alpha value is -1.53. The van der Waals surface area contributed by atoms with Gasteiger partial charge in [0.1, 0.15) is 6.26 Å². The van der Waals surface area contributed by atoms with Gasteiger partial charge in [-0.05, 0) is 12.8 Å². The predicted octanol–water partition coefficient (Wildman–Crippen LogP) is 3.22. The summed E-state index contributed by atoms with van der Waals surface area (Å²) < 4.78 is 47.6. The molecular weight excluding hydrogens is 261 g/mol. The minimum atomic E-state index is -4.49. The first kappa shape index (κ1) is 13.9. The molecule has 106 valence electrons. The van der Waals surface area contributed by atoms with Crippen molar-refractivity contribution in [1.29, 1.82) is 0 Å². The normalized spacial score (nSPS) is 20.8. The Balaban J connectivity index is 2.14. The zero-order chi connectivity index (χ0) is 13.9. The molecule has 1 aliphatic heterocycles. The van der Waals surface area contributed by atoms with Crippen LogP contribution in [0, 0.1) is 0 Å². The molecule has 2 heterocycles. The molecule has 1 atom stereocenters. The molecule has 0 fully saturated rings. The van der Waals surface area contributed by atoms with Crippen LogP contribution in [0.15, 0.2) is 15.8 Å². The zero-order valence-corrected chi connectivity index (χ0v) is 10.5. The highest BCUT2D eigenvalue weighted by molar-refractivity contribution is 5.76. The van der Waals surface area contributed by atoms with E-state index in [1.54, 1.807) is 0 Å². The van der Waals surface area contributed by atoms with Gasteiger partial charge < -0.3 is 9.26 Å². The van der Waals surface area contributed by atoms with E-state index in [0.717, 1.165) is 31.9 Å². The van der Waals surface area contributed by atoms with Crippen LogP contribution in [0.4, 0.5) is 13.2 Å². The van der Waals surface area contributed by atoms with Crippen LogP contribution in [0.1, 0.15) is 36.9 Å². The Morgan fingerprint density at radius 1 is 1.42 bits per heavy atom. The van der Waals surface area contributed by atoms with E-state index in [1.165, 1.54) is 7.11 Å². The molecule has 0 N–H and O–H groups in total. The van der Waals surface area contributed by atoms with E-state index in [0.29, 0.717) is 5.90 Å². The molecule has 0 aliphatic carbocycles. The van der Waals surface area contributed by atoms with E-state index < -0.39 is 11.9 Å². The number of hydrogen-bond acceptors (Lipinski definition) is 4. The number of hydrogen-bond donors (Lipinski definition) is 0. The zero-order valence-electron chi connectivity index (χ0n) is 10.5. The highest BCUT2D eigenvalue weighted by Crippen LogP contribution is 2.32. The molecule has 1 aromatic heterocycles. The smallest absolute Gasteiger partial charge is 0.437 e. The van der Waals surface area contributed by atoms with Crippen LogP contribution in [0.25, 0.3) is 0 Å². The molecule has 0 radical (unpaired) electrons. The van der Waals surface area contributed by atoms with Gasteiger partial charge in [0.2, 0.25) is 0 Å². The molecule has 7 heteroatoms. The maximum absolute atomic E-state index is 12.7. The van der Waals surface area contributed by atoms with Crippen molar-refractivity contribution in [3.63, 3.8) is 0 Å². The molecule has 1 aliphatic rings. The lowest BCUT2D eigenvalue weighted by Crippen LogP contribution is -2.15. The predicted molar refractivity (Wildman–Crippen MR) is 61.9 cm³/mol. The fourth-order valence-electron chi connectivity index (χ4n) is 2.18. The first-order valence-corrected chi connectivity index (χ1v) is 6.12. The van der Waals surface area contributed by atoms with Gasteiger partial charge in [-0.2, -0.15) is 13.2 Å². The Morgan fingerprint density at radius 3 is 2.89 bits per heavy atom. The van der Waals surface area contributed by atoms with Gasteiger partial charge in [-0.25, -0.2) is 0 Å². The molecule has 0 aromatic carbocycles. The average molecular weight is 276 g/mol. The van der Waals surface area contributed by atoms with Crippen LogP contribution < -0.4 is 0 Å². The number of aliphatic imine (C=N–C) groups is 1. The molecule has 0 spiro atoms. The standard InChI is InChI=1S/C12H15F3N2O2/c1-18-10-5-3-2-4-9(16-10)6-8-7-19-17-11(8)12(13,14)15/h7,9H,2-6H2,1H3. The van der Waals surface area contributed by atoms with Crippen molar-refractivity contribution >= 4 is 5.90 Å². The van der Waals surface area contributed by atoms with E-state index >= 15 is 0 Å². The minimum Gasteiger partial charge on any atom is -0.484 e. The summed E-state index contributed by atoms with van der Waals surface area (Å²) in [5.41, 5.74) is -0.899. The second-order valence-corrected chi connectivity index (χ2v) is 4.52. The van der Waals surface area contributed by atoms with Gasteiger partial charge in [0, 0.05) is 18.4 Å². The Labute approximate surface area is 108 Å². The van der Waals surface area contributed by atoms with Crippen molar-refractivity contribution in [2.45, 2.75) is 44.3 Å².